The lowest BCUT2D eigenvalue weighted by Gasteiger charge is -2.37. The van der Waals surface area contributed by atoms with E-state index < -0.39 is 0 Å². The summed E-state index contributed by atoms with van der Waals surface area (Å²) in [4.78, 5) is 16.9. The fourth-order valence-electron chi connectivity index (χ4n) is 4.65. The first kappa shape index (κ1) is 18.2. The number of aryl methyl sites for hydroxylation is 1. The summed E-state index contributed by atoms with van der Waals surface area (Å²) in [5, 5.41) is 8.66. The van der Waals surface area contributed by atoms with Gasteiger partial charge in [-0.3, -0.25) is 9.55 Å². The van der Waals surface area contributed by atoms with Crippen molar-refractivity contribution in [3.8, 4) is 28.2 Å². The SMILES string of the molecule is CC[C@@H]1c2nncn2-c2c(C)nc(-c3ccncc3-c3ccccc3)nc2N1C1CC1. The molecule has 3 aromatic heterocycles. The van der Waals surface area contributed by atoms with E-state index >= 15 is 0 Å². The Kier molecular flexibility index (Phi) is 4.09. The Labute approximate surface area is 180 Å². The summed E-state index contributed by atoms with van der Waals surface area (Å²) in [6, 6.07) is 13.0. The summed E-state index contributed by atoms with van der Waals surface area (Å²) in [5.41, 5.74) is 5.06. The minimum absolute atomic E-state index is 0.177. The number of aromatic nitrogens is 6. The van der Waals surface area contributed by atoms with Gasteiger partial charge >= 0.3 is 0 Å². The predicted molar refractivity (Wildman–Crippen MR) is 119 cm³/mol. The van der Waals surface area contributed by atoms with Gasteiger partial charge in [0.25, 0.3) is 0 Å². The Hall–Kier alpha value is -3.61. The molecule has 0 N–H and O–H groups in total. The smallest absolute Gasteiger partial charge is 0.162 e. The molecule has 4 aromatic rings. The molecule has 0 spiro atoms. The third-order valence-corrected chi connectivity index (χ3v) is 6.21. The van der Waals surface area contributed by atoms with Gasteiger partial charge < -0.3 is 4.90 Å². The summed E-state index contributed by atoms with van der Waals surface area (Å²) >= 11 is 0. The van der Waals surface area contributed by atoms with Crippen LogP contribution in [0.5, 0.6) is 0 Å². The lowest BCUT2D eigenvalue weighted by atomic mass is 10.0. The first-order valence-electron chi connectivity index (χ1n) is 10.8. The summed E-state index contributed by atoms with van der Waals surface area (Å²) in [6.07, 6.45) is 8.83. The van der Waals surface area contributed by atoms with Crippen molar-refractivity contribution >= 4 is 5.82 Å². The maximum atomic E-state index is 5.16. The summed E-state index contributed by atoms with van der Waals surface area (Å²) in [5.74, 6) is 2.70. The molecule has 0 unspecified atom stereocenters. The second kappa shape index (κ2) is 6.97. The standard InChI is InChI=1S/C24H23N7/c1-3-20-23-29-26-14-30(23)21-15(2)27-22(28-24(21)31(20)17-9-10-17)18-11-12-25-13-19(18)16-7-5-4-6-8-16/h4-8,11-14,17,20H,3,9-10H2,1-2H3/t20-/m1/s1. The number of nitrogens with zero attached hydrogens (tertiary/aromatic N) is 7. The highest BCUT2D eigenvalue weighted by molar-refractivity contribution is 5.81. The molecule has 1 aliphatic carbocycles. The van der Waals surface area contributed by atoms with Gasteiger partial charge in [-0.25, -0.2) is 9.97 Å². The van der Waals surface area contributed by atoms with Crippen LogP contribution in [0.2, 0.25) is 0 Å². The van der Waals surface area contributed by atoms with Crippen LogP contribution < -0.4 is 4.90 Å². The van der Waals surface area contributed by atoms with Gasteiger partial charge in [0.05, 0.1) is 11.7 Å². The van der Waals surface area contributed by atoms with Gasteiger partial charge in [0.2, 0.25) is 0 Å². The molecule has 0 bridgehead atoms. The van der Waals surface area contributed by atoms with E-state index in [4.69, 9.17) is 9.97 Å². The predicted octanol–water partition coefficient (Wildman–Crippen LogP) is 4.53. The number of hydrogen-bond acceptors (Lipinski definition) is 6. The largest absolute Gasteiger partial charge is 0.341 e. The molecule has 1 aromatic carbocycles. The Morgan fingerprint density at radius 3 is 2.65 bits per heavy atom. The van der Waals surface area contributed by atoms with Crippen molar-refractivity contribution in [1.29, 1.82) is 0 Å². The van der Waals surface area contributed by atoms with Crippen molar-refractivity contribution in [2.45, 2.75) is 45.2 Å². The molecule has 0 radical (unpaired) electrons. The second-order valence-corrected chi connectivity index (χ2v) is 8.21. The molecule has 0 amide bonds. The van der Waals surface area contributed by atoms with Gasteiger partial charge in [0.15, 0.2) is 17.5 Å². The van der Waals surface area contributed by atoms with Gasteiger partial charge in [-0.2, -0.15) is 0 Å². The Balaban J connectivity index is 1.58. The highest BCUT2D eigenvalue weighted by Gasteiger charge is 2.42. The van der Waals surface area contributed by atoms with E-state index in [0.717, 1.165) is 52.0 Å². The van der Waals surface area contributed by atoms with E-state index in [-0.39, 0.29) is 6.04 Å². The number of rotatable bonds is 4. The molecule has 154 valence electrons. The molecular weight excluding hydrogens is 386 g/mol. The van der Waals surface area contributed by atoms with E-state index in [1.165, 1.54) is 12.8 Å². The minimum atomic E-state index is 0.177. The van der Waals surface area contributed by atoms with Gasteiger partial charge in [0, 0.05) is 29.6 Å². The third-order valence-electron chi connectivity index (χ3n) is 6.21. The fourth-order valence-corrected chi connectivity index (χ4v) is 4.65. The van der Waals surface area contributed by atoms with Crippen LogP contribution in [0.25, 0.3) is 28.2 Å². The van der Waals surface area contributed by atoms with Crippen molar-refractivity contribution in [3.63, 3.8) is 0 Å². The second-order valence-electron chi connectivity index (χ2n) is 8.21. The lowest BCUT2D eigenvalue weighted by Crippen LogP contribution is -2.37. The van der Waals surface area contributed by atoms with Crippen molar-refractivity contribution in [1.82, 2.24) is 29.7 Å². The Morgan fingerprint density at radius 1 is 1.03 bits per heavy atom. The van der Waals surface area contributed by atoms with Crippen molar-refractivity contribution in [3.05, 3.63) is 66.6 Å². The van der Waals surface area contributed by atoms with Crippen LogP contribution >= 0.6 is 0 Å². The molecule has 4 heterocycles. The van der Waals surface area contributed by atoms with Crippen molar-refractivity contribution in [2.75, 3.05) is 4.90 Å². The fraction of sp³-hybridized carbons (Fsp3) is 0.292. The number of anilines is 1. The van der Waals surface area contributed by atoms with Gasteiger partial charge in [0.1, 0.15) is 12.0 Å². The van der Waals surface area contributed by atoms with Crippen LogP contribution in [-0.4, -0.2) is 35.8 Å². The van der Waals surface area contributed by atoms with Gasteiger partial charge in [-0.1, -0.05) is 37.3 Å². The highest BCUT2D eigenvalue weighted by atomic mass is 15.4. The number of pyridine rings is 1. The summed E-state index contributed by atoms with van der Waals surface area (Å²) < 4.78 is 2.08. The number of fused-ring (bicyclic) bond motifs is 3. The van der Waals surface area contributed by atoms with Crippen LogP contribution in [0.3, 0.4) is 0 Å². The zero-order valence-electron chi connectivity index (χ0n) is 17.6. The summed E-state index contributed by atoms with van der Waals surface area (Å²) in [7, 11) is 0. The molecule has 1 atom stereocenters. The molecule has 7 heteroatoms. The lowest BCUT2D eigenvalue weighted by molar-refractivity contribution is 0.532. The Morgan fingerprint density at radius 2 is 1.87 bits per heavy atom. The molecule has 1 saturated carbocycles. The maximum Gasteiger partial charge on any atom is 0.162 e. The van der Waals surface area contributed by atoms with Gasteiger partial charge in [-0.05, 0) is 37.8 Å². The van der Waals surface area contributed by atoms with E-state index in [9.17, 15) is 0 Å². The molecule has 1 aliphatic heterocycles. The van der Waals surface area contributed by atoms with Crippen LogP contribution in [0.4, 0.5) is 5.82 Å². The molecule has 7 nitrogen and oxygen atoms in total. The van der Waals surface area contributed by atoms with Crippen molar-refractivity contribution in [2.24, 2.45) is 0 Å². The average Bonchev–Trinajstić information content (AvgIpc) is 3.54. The zero-order valence-corrected chi connectivity index (χ0v) is 17.6. The topological polar surface area (TPSA) is 72.6 Å². The normalized spacial score (nSPS) is 17.4. The zero-order chi connectivity index (χ0) is 20.9. The quantitative estimate of drug-likeness (QED) is 0.493. The maximum absolute atomic E-state index is 5.16. The van der Waals surface area contributed by atoms with Crippen LogP contribution in [-0.2, 0) is 0 Å². The van der Waals surface area contributed by atoms with E-state index in [1.54, 1.807) is 6.33 Å². The summed E-state index contributed by atoms with van der Waals surface area (Å²) in [6.45, 7) is 4.25. The van der Waals surface area contributed by atoms with Crippen molar-refractivity contribution < 1.29 is 0 Å². The first-order valence-corrected chi connectivity index (χ1v) is 10.8. The van der Waals surface area contributed by atoms with Crippen LogP contribution in [0.15, 0.2) is 55.1 Å². The Bertz CT molecular complexity index is 1260. The van der Waals surface area contributed by atoms with Gasteiger partial charge in [-0.15, -0.1) is 10.2 Å². The minimum Gasteiger partial charge on any atom is -0.341 e. The van der Waals surface area contributed by atoms with Crippen LogP contribution in [0.1, 0.15) is 43.7 Å². The van der Waals surface area contributed by atoms with Crippen LogP contribution in [0, 0.1) is 6.92 Å². The molecule has 1 fully saturated rings. The number of benzene rings is 1. The van der Waals surface area contributed by atoms with E-state index in [0.29, 0.717) is 6.04 Å². The molecule has 0 saturated heterocycles. The average molecular weight is 409 g/mol. The molecule has 31 heavy (non-hydrogen) atoms. The third kappa shape index (κ3) is 2.84. The monoisotopic (exact) mass is 409 g/mol. The molecular formula is C24H23N7. The molecule has 2 aliphatic rings. The van der Waals surface area contributed by atoms with E-state index in [1.807, 2.05) is 36.7 Å². The highest BCUT2D eigenvalue weighted by Crippen LogP contribution is 2.46. The molecule has 6 rings (SSSR count). The number of hydrogen-bond donors (Lipinski definition) is 0. The van der Waals surface area contributed by atoms with E-state index in [2.05, 4.69) is 50.6 Å². The first-order chi connectivity index (χ1) is 15.3.